The molecule has 0 aliphatic rings. The van der Waals surface area contributed by atoms with E-state index in [1.165, 1.54) is 12.1 Å². The van der Waals surface area contributed by atoms with E-state index in [0.29, 0.717) is 5.76 Å². The number of hydrogen-bond donors (Lipinski definition) is 0. The third-order valence-corrected chi connectivity index (χ3v) is 2.83. The Morgan fingerprint density at radius 1 is 1.05 bits per heavy atom. The zero-order valence-electron chi connectivity index (χ0n) is 9.67. The number of fused-ring (bicyclic) bond motifs is 3. The maximum atomic E-state index is 12.7. The number of hydrogen-bond acceptors (Lipinski definition) is 3. The fraction of sp³-hybridized carbons (Fsp3) is 0.154. The second-order valence-electron chi connectivity index (χ2n) is 4.19. The molecule has 2 aromatic heterocycles. The van der Waals surface area contributed by atoms with Crippen molar-refractivity contribution in [3.8, 4) is 0 Å². The summed E-state index contributed by atoms with van der Waals surface area (Å²) in [4.78, 5) is 11.7. The van der Waals surface area contributed by atoms with Gasteiger partial charge in [-0.1, -0.05) is 0 Å². The van der Waals surface area contributed by atoms with Crippen molar-refractivity contribution in [2.24, 2.45) is 0 Å². The number of rotatable bonds is 0. The largest absolute Gasteiger partial charge is 0.456 e. The topological polar surface area (TPSA) is 43.4 Å². The average Bonchev–Trinajstić information content (AvgIpc) is 2.64. The summed E-state index contributed by atoms with van der Waals surface area (Å²) >= 11 is 0. The fourth-order valence-electron chi connectivity index (χ4n) is 2.02. The van der Waals surface area contributed by atoms with Crippen molar-refractivity contribution in [3.05, 3.63) is 46.0 Å². The normalized spacial score (nSPS) is 12.4. The smallest absolute Gasteiger partial charge is 0.416 e. The van der Waals surface area contributed by atoms with E-state index in [2.05, 4.69) is 0 Å². The van der Waals surface area contributed by atoms with Gasteiger partial charge in [0.2, 0.25) is 0 Å². The average molecular weight is 268 g/mol. The number of aryl methyl sites for hydroxylation is 1. The Hall–Kier alpha value is -2.24. The summed E-state index contributed by atoms with van der Waals surface area (Å²) < 4.78 is 48.2. The van der Waals surface area contributed by atoms with Crippen LogP contribution in [0.1, 0.15) is 11.3 Å². The van der Waals surface area contributed by atoms with E-state index in [1.54, 1.807) is 6.92 Å². The first-order valence-corrected chi connectivity index (χ1v) is 5.40. The van der Waals surface area contributed by atoms with Crippen molar-refractivity contribution in [3.63, 3.8) is 0 Å². The zero-order chi connectivity index (χ0) is 13.8. The molecule has 0 N–H and O–H groups in total. The number of furan rings is 1. The van der Waals surface area contributed by atoms with E-state index in [0.717, 1.165) is 12.1 Å². The summed E-state index contributed by atoms with van der Waals surface area (Å²) in [6, 6.07) is 4.49. The molecule has 19 heavy (non-hydrogen) atoms. The molecule has 0 spiro atoms. The van der Waals surface area contributed by atoms with Gasteiger partial charge in [0.05, 0.1) is 5.56 Å². The predicted molar refractivity (Wildman–Crippen MR) is 62.0 cm³/mol. The van der Waals surface area contributed by atoms with Crippen LogP contribution in [0.4, 0.5) is 13.2 Å². The highest BCUT2D eigenvalue weighted by molar-refractivity contribution is 6.04. The Balaban J connectivity index is 2.45. The molecule has 98 valence electrons. The maximum Gasteiger partial charge on any atom is 0.416 e. The summed E-state index contributed by atoms with van der Waals surface area (Å²) in [5, 5.41) is 0.144. The predicted octanol–water partition coefficient (Wildman–Crippen LogP) is 3.87. The van der Waals surface area contributed by atoms with E-state index in [9.17, 15) is 18.0 Å². The molecule has 0 fully saturated rings. The van der Waals surface area contributed by atoms with Crippen LogP contribution in [-0.2, 0) is 6.18 Å². The van der Waals surface area contributed by atoms with Gasteiger partial charge in [0.15, 0.2) is 0 Å². The molecule has 6 heteroatoms. The van der Waals surface area contributed by atoms with Crippen LogP contribution in [0.3, 0.4) is 0 Å². The Morgan fingerprint density at radius 3 is 2.47 bits per heavy atom. The van der Waals surface area contributed by atoms with Crippen LogP contribution in [0.15, 0.2) is 37.9 Å². The standard InChI is InChI=1S/C13H7F3O3/c1-6-4-10-11(12(17)18-6)8-5-7(13(14,15)16)2-3-9(8)19-10/h2-5H,1H3. The van der Waals surface area contributed by atoms with Crippen LogP contribution in [0.2, 0.25) is 0 Å². The van der Waals surface area contributed by atoms with Gasteiger partial charge in [0, 0.05) is 11.5 Å². The third-order valence-electron chi connectivity index (χ3n) is 2.83. The molecule has 1 aromatic carbocycles. The molecule has 0 radical (unpaired) electrons. The van der Waals surface area contributed by atoms with Gasteiger partial charge in [-0.05, 0) is 25.1 Å². The van der Waals surface area contributed by atoms with E-state index >= 15 is 0 Å². The van der Waals surface area contributed by atoms with Crippen LogP contribution in [-0.4, -0.2) is 0 Å². The summed E-state index contributed by atoms with van der Waals surface area (Å²) in [7, 11) is 0. The highest BCUT2D eigenvalue weighted by atomic mass is 19.4. The molecule has 0 saturated carbocycles. The van der Waals surface area contributed by atoms with Crippen molar-refractivity contribution in [1.82, 2.24) is 0 Å². The molecule has 0 saturated heterocycles. The molecule has 0 aliphatic carbocycles. The molecule has 0 bridgehead atoms. The van der Waals surface area contributed by atoms with E-state index < -0.39 is 17.4 Å². The van der Waals surface area contributed by atoms with Crippen LogP contribution < -0.4 is 5.63 Å². The van der Waals surface area contributed by atoms with E-state index in [4.69, 9.17) is 8.83 Å². The highest BCUT2D eigenvalue weighted by Crippen LogP contribution is 2.34. The lowest BCUT2D eigenvalue weighted by atomic mass is 10.1. The van der Waals surface area contributed by atoms with Gasteiger partial charge >= 0.3 is 11.8 Å². The van der Waals surface area contributed by atoms with Crippen molar-refractivity contribution in [2.75, 3.05) is 0 Å². The second kappa shape index (κ2) is 3.63. The molecule has 0 aliphatic heterocycles. The first-order valence-electron chi connectivity index (χ1n) is 5.40. The third kappa shape index (κ3) is 1.80. The minimum Gasteiger partial charge on any atom is -0.456 e. The number of alkyl halides is 3. The molecule has 3 rings (SSSR count). The van der Waals surface area contributed by atoms with Crippen molar-refractivity contribution < 1.29 is 22.0 Å². The SMILES string of the molecule is Cc1cc2oc3ccc(C(F)(F)F)cc3c2c(=O)o1. The molecule has 2 heterocycles. The van der Waals surface area contributed by atoms with Crippen molar-refractivity contribution >= 4 is 21.9 Å². The van der Waals surface area contributed by atoms with E-state index in [-0.39, 0.29) is 21.9 Å². The Bertz CT molecular complexity index is 840. The Kier molecular flexibility index (Phi) is 2.26. The summed E-state index contributed by atoms with van der Waals surface area (Å²) in [6.07, 6.45) is -4.47. The van der Waals surface area contributed by atoms with Gasteiger partial charge in [-0.25, -0.2) is 4.79 Å². The molecular formula is C13H7F3O3. The van der Waals surface area contributed by atoms with Crippen LogP contribution in [0.5, 0.6) is 0 Å². The fourth-order valence-corrected chi connectivity index (χ4v) is 2.02. The maximum absolute atomic E-state index is 12.7. The lowest BCUT2D eigenvalue weighted by molar-refractivity contribution is -0.137. The molecule has 3 nitrogen and oxygen atoms in total. The first kappa shape index (κ1) is 11.8. The quantitative estimate of drug-likeness (QED) is 0.621. The summed E-state index contributed by atoms with van der Waals surface area (Å²) in [5.41, 5.74) is -1.08. The molecule has 0 atom stereocenters. The summed E-state index contributed by atoms with van der Waals surface area (Å²) in [6.45, 7) is 1.56. The van der Waals surface area contributed by atoms with Gasteiger partial charge in [0.25, 0.3) is 0 Å². The molecule has 3 aromatic rings. The Labute approximate surface area is 104 Å². The van der Waals surface area contributed by atoms with Crippen molar-refractivity contribution in [2.45, 2.75) is 13.1 Å². The van der Waals surface area contributed by atoms with Crippen LogP contribution in [0, 0.1) is 6.92 Å². The van der Waals surface area contributed by atoms with Gasteiger partial charge < -0.3 is 8.83 Å². The van der Waals surface area contributed by atoms with Crippen LogP contribution in [0.25, 0.3) is 21.9 Å². The molecule has 0 unspecified atom stereocenters. The van der Waals surface area contributed by atoms with Gasteiger partial charge in [-0.2, -0.15) is 13.2 Å². The minimum atomic E-state index is -4.47. The zero-order valence-corrected chi connectivity index (χ0v) is 9.67. The monoisotopic (exact) mass is 268 g/mol. The second-order valence-corrected chi connectivity index (χ2v) is 4.19. The highest BCUT2D eigenvalue weighted by Gasteiger charge is 2.31. The molecular weight excluding hydrogens is 261 g/mol. The van der Waals surface area contributed by atoms with Crippen molar-refractivity contribution in [1.29, 1.82) is 0 Å². The number of benzene rings is 1. The minimum absolute atomic E-state index is 0.0340. The van der Waals surface area contributed by atoms with Gasteiger partial charge in [0.1, 0.15) is 22.3 Å². The lowest BCUT2D eigenvalue weighted by Gasteiger charge is -2.05. The van der Waals surface area contributed by atoms with Crippen LogP contribution >= 0.6 is 0 Å². The van der Waals surface area contributed by atoms with Gasteiger partial charge in [-0.15, -0.1) is 0 Å². The van der Waals surface area contributed by atoms with E-state index in [1.807, 2.05) is 0 Å². The molecule has 0 amide bonds. The van der Waals surface area contributed by atoms with Gasteiger partial charge in [-0.3, -0.25) is 0 Å². The first-order chi connectivity index (χ1) is 8.86. The number of halogens is 3. The summed E-state index contributed by atoms with van der Waals surface area (Å²) in [5.74, 6) is 0.340. The Morgan fingerprint density at radius 2 is 1.79 bits per heavy atom. The lowest BCUT2D eigenvalue weighted by Crippen LogP contribution is -2.04.